The van der Waals surface area contributed by atoms with E-state index in [2.05, 4.69) is 10.3 Å². The van der Waals surface area contributed by atoms with E-state index in [0.717, 1.165) is 9.58 Å². The van der Waals surface area contributed by atoms with Gasteiger partial charge in [0, 0.05) is 6.54 Å². The second kappa shape index (κ2) is 6.19. The minimum absolute atomic E-state index is 0.222. The fourth-order valence-electron chi connectivity index (χ4n) is 1.90. The molecule has 2 aromatic rings. The van der Waals surface area contributed by atoms with Gasteiger partial charge in [-0.15, -0.1) is 5.10 Å². The highest BCUT2D eigenvalue weighted by atomic mass is 19.4. The molecule has 1 aromatic carbocycles. The lowest BCUT2D eigenvalue weighted by Crippen LogP contribution is -2.41. The van der Waals surface area contributed by atoms with Gasteiger partial charge in [0.2, 0.25) is 0 Å². The Balaban J connectivity index is 2.28. The maximum absolute atomic E-state index is 12.4. The summed E-state index contributed by atoms with van der Waals surface area (Å²) in [5.74, 6) is 0. The van der Waals surface area contributed by atoms with Gasteiger partial charge in [-0.3, -0.25) is 9.69 Å². The zero-order chi connectivity index (χ0) is 15.5. The molecule has 0 amide bonds. The zero-order valence-electron chi connectivity index (χ0n) is 10.9. The van der Waals surface area contributed by atoms with Crippen LogP contribution in [0, 0.1) is 0 Å². The van der Waals surface area contributed by atoms with Crippen LogP contribution in [0.25, 0.3) is 10.9 Å². The largest absolute Gasteiger partial charge is 0.401 e. The van der Waals surface area contributed by atoms with Gasteiger partial charge in [-0.1, -0.05) is 17.3 Å². The lowest BCUT2D eigenvalue weighted by molar-refractivity contribution is -0.150. The van der Waals surface area contributed by atoms with Crippen LogP contribution in [0.2, 0.25) is 0 Å². The Labute approximate surface area is 117 Å². The molecule has 0 unspecified atom stereocenters. The molecule has 0 saturated carbocycles. The normalized spacial score (nSPS) is 12.2. The Morgan fingerprint density at radius 1 is 1.29 bits per heavy atom. The molecule has 2 rings (SSSR count). The lowest BCUT2D eigenvalue weighted by atomic mass is 10.2. The molecule has 0 aliphatic carbocycles. The van der Waals surface area contributed by atoms with E-state index < -0.39 is 31.6 Å². The number of halogens is 3. The Bertz CT molecular complexity index is 671. The van der Waals surface area contributed by atoms with Crippen molar-refractivity contribution in [3.63, 3.8) is 0 Å². The topological polar surface area (TPSA) is 71.2 Å². The first-order valence-corrected chi connectivity index (χ1v) is 6.13. The van der Waals surface area contributed by atoms with Gasteiger partial charge in [-0.25, -0.2) is 0 Å². The lowest BCUT2D eigenvalue weighted by Gasteiger charge is -2.22. The Hall–Kier alpha value is -2.00. The molecule has 0 spiro atoms. The van der Waals surface area contributed by atoms with Gasteiger partial charge in [-0.2, -0.15) is 17.9 Å². The molecule has 6 nitrogen and oxygen atoms in total. The van der Waals surface area contributed by atoms with Crippen LogP contribution in [0.1, 0.15) is 0 Å². The minimum Gasteiger partial charge on any atom is -0.395 e. The second-order valence-electron chi connectivity index (χ2n) is 4.44. The highest BCUT2D eigenvalue weighted by Gasteiger charge is 2.30. The predicted octanol–water partition coefficient (Wildman–Crippen LogP) is 0.606. The van der Waals surface area contributed by atoms with Crippen molar-refractivity contribution >= 4 is 10.9 Å². The maximum atomic E-state index is 12.4. The Morgan fingerprint density at radius 2 is 2.00 bits per heavy atom. The summed E-state index contributed by atoms with van der Waals surface area (Å²) in [6, 6.07) is 6.44. The first-order valence-electron chi connectivity index (χ1n) is 6.13. The molecule has 21 heavy (non-hydrogen) atoms. The zero-order valence-corrected chi connectivity index (χ0v) is 10.9. The van der Waals surface area contributed by atoms with Crippen molar-refractivity contribution < 1.29 is 18.3 Å². The van der Waals surface area contributed by atoms with E-state index in [-0.39, 0.29) is 11.9 Å². The fraction of sp³-hybridized carbons (Fsp3) is 0.417. The number of hydrogen-bond donors (Lipinski definition) is 1. The number of aliphatic hydroxyl groups is 1. The average molecular weight is 302 g/mol. The van der Waals surface area contributed by atoms with Gasteiger partial charge >= 0.3 is 6.18 Å². The summed E-state index contributed by atoms with van der Waals surface area (Å²) < 4.78 is 38.2. The van der Waals surface area contributed by atoms with Crippen molar-refractivity contribution in [2.75, 3.05) is 19.7 Å². The quantitative estimate of drug-likeness (QED) is 0.876. The SMILES string of the molecule is O=c1c2ccccc2nnn1CN(CCO)CC(F)(F)F. The standard InChI is InChI=1S/C12H13F3N4O2/c13-12(14,15)7-18(5-6-20)8-19-11(21)9-3-1-2-4-10(9)16-17-19/h1-4,20H,5-8H2. The summed E-state index contributed by atoms with van der Waals surface area (Å²) in [6.07, 6.45) is -4.43. The van der Waals surface area contributed by atoms with Gasteiger partial charge in [0.25, 0.3) is 5.56 Å². The summed E-state index contributed by atoms with van der Waals surface area (Å²) in [5.41, 5.74) is -0.144. The Kier molecular flexibility index (Phi) is 4.53. The third kappa shape index (κ3) is 3.99. The molecule has 9 heteroatoms. The summed E-state index contributed by atoms with van der Waals surface area (Å²) in [5, 5.41) is 16.5. The van der Waals surface area contributed by atoms with E-state index in [0.29, 0.717) is 5.52 Å². The van der Waals surface area contributed by atoms with Crippen molar-refractivity contribution in [3.05, 3.63) is 34.6 Å². The molecule has 0 aliphatic rings. The monoisotopic (exact) mass is 302 g/mol. The molecule has 114 valence electrons. The molecule has 1 N–H and O–H groups in total. The van der Waals surface area contributed by atoms with Crippen molar-refractivity contribution in [1.82, 2.24) is 19.9 Å². The van der Waals surface area contributed by atoms with E-state index in [1.807, 2.05) is 0 Å². The molecule has 1 heterocycles. The summed E-state index contributed by atoms with van der Waals surface area (Å²) >= 11 is 0. The van der Waals surface area contributed by atoms with Crippen LogP contribution >= 0.6 is 0 Å². The molecule has 0 saturated heterocycles. The predicted molar refractivity (Wildman–Crippen MR) is 68.5 cm³/mol. The van der Waals surface area contributed by atoms with E-state index in [9.17, 15) is 18.0 Å². The van der Waals surface area contributed by atoms with Gasteiger partial charge in [0.05, 0.1) is 25.2 Å². The average Bonchev–Trinajstić information content (AvgIpc) is 2.41. The second-order valence-corrected chi connectivity index (χ2v) is 4.44. The van der Waals surface area contributed by atoms with E-state index in [1.54, 1.807) is 18.2 Å². The Morgan fingerprint density at radius 3 is 2.67 bits per heavy atom. The van der Waals surface area contributed by atoms with Crippen molar-refractivity contribution in [2.45, 2.75) is 12.8 Å². The number of nitrogens with zero attached hydrogens (tertiary/aromatic N) is 4. The van der Waals surface area contributed by atoms with Crippen LogP contribution < -0.4 is 5.56 Å². The number of hydrogen-bond acceptors (Lipinski definition) is 5. The summed E-state index contributed by atoms with van der Waals surface area (Å²) in [6.45, 7) is -2.31. The number of benzene rings is 1. The highest BCUT2D eigenvalue weighted by Crippen LogP contribution is 2.16. The molecular weight excluding hydrogens is 289 g/mol. The molecule has 0 fully saturated rings. The van der Waals surface area contributed by atoms with Crippen LogP contribution in [0.5, 0.6) is 0 Å². The minimum atomic E-state index is -4.43. The molecular formula is C12H13F3N4O2. The number of fused-ring (bicyclic) bond motifs is 1. The number of alkyl halides is 3. The van der Waals surface area contributed by atoms with Gasteiger partial charge in [0.15, 0.2) is 0 Å². The van der Waals surface area contributed by atoms with Gasteiger partial charge in [-0.05, 0) is 12.1 Å². The maximum Gasteiger partial charge on any atom is 0.401 e. The van der Waals surface area contributed by atoms with E-state index >= 15 is 0 Å². The van der Waals surface area contributed by atoms with Gasteiger partial charge < -0.3 is 5.11 Å². The summed E-state index contributed by atoms with van der Waals surface area (Å²) in [4.78, 5) is 13.0. The highest BCUT2D eigenvalue weighted by molar-refractivity contribution is 5.76. The van der Waals surface area contributed by atoms with Crippen LogP contribution in [-0.2, 0) is 6.67 Å². The van der Waals surface area contributed by atoms with E-state index in [1.165, 1.54) is 6.07 Å². The van der Waals surface area contributed by atoms with Gasteiger partial charge in [0.1, 0.15) is 5.52 Å². The number of rotatable bonds is 5. The van der Waals surface area contributed by atoms with Crippen molar-refractivity contribution in [2.24, 2.45) is 0 Å². The fourth-order valence-corrected chi connectivity index (χ4v) is 1.90. The van der Waals surface area contributed by atoms with Crippen LogP contribution in [0.15, 0.2) is 29.1 Å². The first kappa shape index (κ1) is 15.4. The van der Waals surface area contributed by atoms with Crippen LogP contribution in [0.4, 0.5) is 13.2 Å². The third-order valence-electron chi connectivity index (χ3n) is 2.78. The molecule has 0 radical (unpaired) electrons. The third-order valence-corrected chi connectivity index (χ3v) is 2.78. The molecule has 0 aliphatic heterocycles. The number of aliphatic hydroxyl groups excluding tert-OH is 1. The van der Waals surface area contributed by atoms with Crippen LogP contribution in [-0.4, -0.2) is 50.9 Å². The van der Waals surface area contributed by atoms with Crippen molar-refractivity contribution in [3.8, 4) is 0 Å². The summed E-state index contributed by atoms with van der Waals surface area (Å²) in [7, 11) is 0. The first-order chi connectivity index (χ1) is 9.90. The number of aromatic nitrogens is 3. The van der Waals surface area contributed by atoms with E-state index in [4.69, 9.17) is 5.11 Å². The van der Waals surface area contributed by atoms with Crippen LogP contribution in [0.3, 0.4) is 0 Å². The molecule has 1 aromatic heterocycles. The molecule has 0 bridgehead atoms. The smallest absolute Gasteiger partial charge is 0.395 e. The van der Waals surface area contributed by atoms with Crippen molar-refractivity contribution in [1.29, 1.82) is 0 Å². The molecule has 0 atom stereocenters.